The minimum atomic E-state index is -0.674. The molecule has 2 aliphatic rings. The van der Waals surface area contributed by atoms with Crippen LogP contribution >= 0.6 is 0 Å². The molecule has 1 aliphatic carbocycles. The highest BCUT2D eigenvalue weighted by molar-refractivity contribution is 5.80. The van der Waals surface area contributed by atoms with Crippen LogP contribution < -0.4 is 5.32 Å². The van der Waals surface area contributed by atoms with Crippen molar-refractivity contribution in [2.45, 2.75) is 56.9 Å². The molecule has 0 aromatic rings. The molecular weight excluding hydrogens is 304 g/mol. The number of carbonyl (C=O) groups excluding carboxylic acids is 2. The fraction of sp³-hybridized carbons (Fsp3) is 0.833. The first-order valence-corrected chi connectivity index (χ1v) is 9.11. The molecule has 0 radical (unpaired) electrons. The molecule has 1 saturated carbocycles. The van der Waals surface area contributed by atoms with Crippen molar-refractivity contribution in [3.8, 4) is 6.07 Å². The van der Waals surface area contributed by atoms with E-state index in [0.717, 1.165) is 64.5 Å². The standard InChI is InChI=1S/C18H30N4O2/c1-21(2)17(24)15-7-11-22(12-8-15)13-16(23)20-18(14-19)9-5-3-4-6-10-18/h15H,3-13H2,1-2H3,(H,20,23). The molecule has 6 nitrogen and oxygen atoms in total. The third-order valence-electron chi connectivity index (χ3n) is 5.29. The van der Waals surface area contributed by atoms with Gasteiger partial charge in [-0.3, -0.25) is 14.5 Å². The maximum atomic E-state index is 12.4. The van der Waals surface area contributed by atoms with Crippen molar-refractivity contribution in [3.63, 3.8) is 0 Å². The van der Waals surface area contributed by atoms with E-state index >= 15 is 0 Å². The van der Waals surface area contributed by atoms with E-state index in [1.54, 1.807) is 19.0 Å². The minimum absolute atomic E-state index is 0.0594. The molecular formula is C18H30N4O2. The lowest BCUT2D eigenvalue weighted by atomic mass is 9.91. The van der Waals surface area contributed by atoms with Gasteiger partial charge in [0.25, 0.3) is 0 Å². The molecule has 6 heteroatoms. The van der Waals surface area contributed by atoms with Crippen LogP contribution in [0.2, 0.25) is 0 Å². The summed E-state index contributed by atoms with van der Waals surface area (Å²) in [7, 11) is 3.58. The van der Waals surface area contributed by atoms with Crippen LogP contribution in [0.1, 0.15) is 51.4 Å². The summed E-state index contributed by atoms with van der Waals surface area (Å²) >= 11 is 0. The SMILES string of the molecule is CN(C)C(=O)C1CCN(CC(=O)NC2(C#N)CCCCCC2)CC1. The van der Waals surface area contributed by atoms with Crippen LogP contribution in [0.5, 0.6) is 0 Å². The highest BCUT2D eigenvalue weighted by Crippen LogP contribution is 2.26. The van der Waals surface area contributed by atoms with Crippen LogP contribution in [0.3, 0.4) is 0 Å². The fourth-order valence-electron chi connectivity index (χ4n) is 3.81. The molecule has 1 saturated heterocycles. The second-order valence-corrected chi connectivity index (χ2v) is 7.44. The molecule has 2 rings (SSSR count). The average molecular weight is 334 g/mol. The summed E-state index contributed by atoms with van der Waals surface area (Å²) in [5.41, 5.74) is -0.674. The number of hydrogen-bond donors (Lipinski definition) is 1. The van der Waals surface area contributed by atoms with Gasteiger partial charge in [-0.1, -0.05) is 25.7 Å². The normalized spacial score (nSPS) is 22.2. The largest absolute Gasteiger partial charge is 0.349 e. The number of amides is 2. The predicted octanol–water partition coefficient (Wildman–Crippen LogP) is 1.52. The van der Waals surface area contributed by atoms with Gasteiger partial charge in [-0.25, -0.2) is 0 Å². The van der Waals surface area contributed by atoms with Crippen LogP contribution in [0, 0.1) is 17.2 Å². The van der Waals surface area contributed by atoms with Gasteiger partial charge in [-0.15, -0.1) is 0 Å². The monoisotopic (exact) mass is 334 g/mol. The van der Waals surface area contributed by atoms with Crippen LogP contribution in [-0.2, 0) is 9.59 Å². The van der Waals surface area contributed by atoms with Crippen LogP contribution in [-0.4, -0.2) is 60.9 Å². The Hall–Kier alpha value is -1.61. The Balaban J connectivity index is 1.81. The lowest BCUT2D eigenvalue weighted by molar-refractivity contribution is -0.134. The zero-order chi connectivity index (χ0) is 17.6. The smallest absolute Gasteiger partial charge is 0.235 e. The first-order valence-electron chi connectivity index (χ1n) is 9.11. The van der Waals surface area contributed by atoms with E-state index in [1.165, 1.54) is 0 Å². The van der Waals surface area contributed by atoms with Gasteiger partial charge in [-0.05, 0) is 38.8 Å². The molecule has 0 aromatic carbocycles. The maximum Gasteiger partial charge on any atom is 0.235 e. The Morgan fingerprint density at radius 3 is 2.25 bits per heavy atom. The summed E-state index contributed by atoms with van der Waals surface area (Å²) in [4.78, 5) is 28.1. The van der Waals surface area contributed by atoms with Crippen molar-refractivity contribution in [1.29, 1.82) is 5.26 Å². The zero-order valence-electron chi connectivity index (χ0n) is 15.0. The molecule has 0 atom stereocenters. The Morgan fingerprint density at radius 2 is 1.75 bits per heavy atom. The van der Waals surface area contributed by atoms with Crippen molar-refractivity contribution in [2.75, 3.05) is 33.7 Å². The lowest BCUT2D eigenvalue weighted by Crippen LogP contribution is -2.51. The second kappa shape index (κ2) is 8.48. The summed E-state index contributed by atoms with van der Waals surface area (Å²) in [5, 5.41) is 12.6. The number of nitriles is 1. The molecule has 1 N–H and O–H groups in total. The Morgan fingerprint density at radius 1 is 1.17 bits per heavy atom. The van der Waals surface area contributed by atoms with E-state index in [4.69, 9.17) is 0 Å². The molecule has 0 spiro atoms. The number of likely N-dealkylation sites (tertiary alicyclic amines) is 1. The first kappa shape index (κ1) is 18.7. The average Bonchev–Trinajstić information content (AvgIpc) is 2.80. The Bertz CT molecular complexity index is 482. The van der Waals surface area contributed by atoms with E-state index in [1.807, 2.05) is 0 Å². The van der Waals surface area contributed by atoms with Gasteiger partial charge in [0.1, 0.15) is 5.54 Å². The molecule has 1 heterocycles. The van der Waals surface area contributed by atoms with E-state index in [-0.39, 0.29) is 17.7 Å². The van der Waals surface area contributed by atoms with E-state index in [9.17, 15) is 14.9 Å². The van der Waals surface area contributed by atoms with Gasteiger partial charge in [0.2, 0.25) is 11.8 Å². The maximum absolute atomic E-state index is 12.4. The molecule has 0 unspecified atom stereocenters. The van der Waals surface area contributed by atoms with Gasteiger partial charge < -0.3 is 10.2 Å². The summed E-state index contributed by atoms with van der Waals surface area (Å²) in [5.74, 6) is 0.198. The third kappa shape index (κ3) is 4.94. The number of nitrogens with zero attached hydrogens (tertiary/aromatic N) is 3. The van der Waals surface area contributed by atoms with Crippen molar-refractivity contribution >= 4 is 11.8 Å². The van der Waals surface area contributed by atoms with E-state index in [2.05, 4.69) is 16.3 Å². The van der Waals surface area contributed by atoms with Crippen LogP contribution in [0.4, 0.5) is 0 Å². The Kier molecular flexibility index (Phi) is 6.61. The van der Waals surface area contributed by atoms with E-state index < -0.39 is 5.54 Å². The minimum Gasteiger partial charge on any atom is -0.349 e. The Labute approximate surface area is 145 Å². The topological polar surface area (TPSA) is 76.4 Å². The number of hydrogen-bond acceptors (Lipinski definition) is 4. The summed E-state index contributed by atoms with van der Waals surface area (Å²) in [6.07, 6.45) is 7.42. The number of piperidine rings is 1. The van der Waals surface area contributed by atoms with Gasteiger partial charge in [0.15, 0.2) is 0 Å². The van der Waals surface area contributed by atoms with Crippen molar-refractivity contribution in [2.24, 2.45) is 5.92 Å². The quantitative estimate of drug-likeness (QED) is 0.791. The molecule has 2 amide bonds. The molecule has 134 valence electrons. The third-order valence-corrected chi connectivity index (χ3v) is 5.29. The first-order chi connectivity index (χ1) is 11.5. The van der Waals surface area contributed by atoms with Crippen molar-refractivity contribution in [1.82, 2.24) is 15.1 Å². The number of rotatable bonds is 4. The van der Waals surface area contributed by atoms with Crippen molar-refractivity contribution in [3.05, 3.63) is 0 Å². The highest BCUT2D eigenvalue weighted by atomic mass is 16.2. The molecule has 0 aromatic heterocycles. The second-order valence-electron chi connectivity index (χ2n) is 7.44. The van der Waals surface area contributed by atoms with E-state index in [0.29, 0.717) is 6.54 Å². The van der Waals surface area contributed by atoms with Crippen molar-refractivity contribution < 1.29 is 9.59 Å². The summed E-state index contributed by atoms with van der Waals surface area (Å²) < 4.78 is 0. The predicted molar refractivity (Wildman–Crippen MR) is 92.0 cm³/mol. The highest BCUT2D eigenvalue weighted by Gasteiger charge is 2.33. The molecule has 2 fully saturated rings. The van der Waals surface area contributed by atoms with Gasteiger partial charge in [-0.2, -0.15) is 5.26 Å². The van der Waals surface area contributed by atoms with Gasteiger partial charge in [0, 0.05) is 20.0 Å². The molecule has 24 heavy (non-hydrogen) atoms. The van der Waals surface area contributed by atoms with Gasteiger partial charge in [0.05, 0.1) is 12.6 Å². The lowest BCUT2D eigenvalue weighted by Gasteiger charge is -2.33. The fourth-order valence-corrected chi connectivity index (χ4v) is 3.81. The molecule has 1 aliphatic heterocycles. The van der Waals surface area contributed by atoms with Crippen LogP contribution in [0.15, 0.2) is 0 Å². The zero-order valence-corrected chi connectivity index (χ0v) is 15.0. The summed E-state index contributed by atoms with van der Waals surface area (Å²) in [6.45, 7) is 1.85. The number of carbonyl (C=O) groups is 2. The summed E-state index contributed by atoms with van der Waals surface area (Å²) in [6, 6.07) is 2.36. The van der Waals surface area contributed by atoms with Crippen LogP contribution in [0.25, 0.3) is 0 Å². The molecule has 0 bridgehead atoms. The number of nitrogens with one attached hydrogen (secondary N) is 1. The van der Waals surface area contributed by atoms with Gasteiger partial charge >= 0.3 is 0 Å².